The fourth-order valence-electron chi connectivity index (χ4n) is 2.41. The molecular weight excluding hydrogens is 228 g/mol. The van der Waals surface area contributed by atoms with Crippen molar-refractivity contribution in [1.82, 2.24) is 9.78 Å². The third-order valence-electron chi connectivity index (χ3n) is 3.45. The quantitative estimate of drug-likeness (QED) is 0.817. The van der Waals surface area contributed by atoms with E-state index in [0.29, 0.717) is 12.2 Å². The summed E-state index contributed by atoms with van der Waals surface area (Å²) < 4.78 is 1.63. The number of rotatable bonds is 1. The van der Waals surface area contributed by atoms with Gasteiger partial charge in [-0.25, -0.2) is 0 Å². The van der Waals surface area contributed by atoms with Crippen LogP contribution in [0.1, 0.15) is 5.56 Å². The summed E-state index contributed by atoms with van der Waals surface area (Å²) >= 11 is 0. The van der Waals surface area contributed by atoms with Crippen LogP contribution in [0, 0.1) is 0 Å². The second-order valence-electron chi connectivity index (χ2n) is 4.51. The van der Waals surface area contributed by atoms with Gasteiger partial charge in [-0.05, 0) is 5.56 Å². The van der Waals surface area contributed by atoms with Crippen molar-refractivity contribution in [3.8, 4) is 11.1 Å². The predicted molar refractivity (Wildman–Crippen MR) is 70.2 cm³/mol. The topological polar surface area (TPSA) is 64.2 Å². The van der Waals surface area contributed by atoms with E-state index in [1.807, 2.05) is 18.2 Å². The van der Waals surface area contributed by atoms with E-state index in [9.17, 15) is 4.79 Å². The zero-order valence-electron chi connectivity index (χ0n) is 10.3. The molecule has 1 aromatic carbocycles. The molecule has 0 saturated heterocycles. The van der Waals surface area contributed by atoms with E-state index in [1.54, 1.807) is 29.9 Å². The summed E-state index contributed by atoms with van der Waals surface area (Å²) in [6.07, 6.45) is 2.20. The molecule has 0 unspecified atom stereocenters. The molecule has 2 aromatic rings. The number of carbonyl (C=O) groups excluding carboxylic acids is 1. The zero-order valence-corrected chi connectivity index (χ0v) is 10.3. The summed E-state index contributed by atoms with van der Waals surface area (Å²) in [4.78, 5) is 13.5. The number of aromatic nitrogens is 2. The number of benzene rings is 1. The highest BCUT2D eigenvalue weighted by Gasteiger charge is 2.27. The van der Waals surface area contributed by atoms with Gasteiger partial charge in [0.1, 0.15) is 5.82 Å². The molecule has 1 aromatic heterocycles. The van der Waals surface area contributed by atoms with Crippen LogP contribution in [0.5, 0.6) is 0 Å². The van der Waals surface area contributed by atoms with Crippen LogP contribution < -0.4 is 10.6 Å². The maximum Gasteiger partial charge on any atom is 0.231 e. The van der Waals surface area contributed by atoms with Gasteiger partial charge in [0.15, 0.2) is 0 Å². The van der Waals surface area contributed by atoms with E-state index in [4.69, 9.17) is 5.73 Å². The van der Waals surface area contributed by atoms with Crippen LogP contribution in [0.3, 0.4) is 0 Å². The van der Waals surface area contributed by atoms with Crippen molar-refractivity contribution in [2.45, 2.75) is 6.42 Å². The van der Waals surface area contributed by atoms with Gasteiger partial charge in [0.05, 0.1) is 18.3 Å². The lowest BCUT2D eigenvalue weighted by Gasteiger charge is -2.15. The molecule has 0 radical (unpaired) electrons. The summed E-state index contributed by atoms with van der Waals surface area (Å²) in [5.41, 5.74) is 9.83. The Kier molecular flexibility index (Phi) is 2.16. The fourth-order valence-corrected chi connectivity index (χ4v) is 2.41. The molecular formula is C13H14N4O. The molecule has 2 N–H and O–H groups in total. The Hall–Kier alpha value is -2.30. The molecule has 18 heavy (non-hydrogen) atoms. The number of nitrogens with two attached hydrogens (primary N) is 1. The molecule has 0 fully saturated rings. The standard InChI is InChI=1S/C13H14N4O/c1-16-11(18)6-8-4-3-5-9(12(8)16)10-7-15-17(2)13(10)14/h3-5,7H,6,14H2,1-2H3. The highest BCUT2D eigenvalue weighted by atomic mass is 16.2. The minimum absolute atomic E-state index is 0.111. The zero-order chi connectivity index (χ0) is 12.9. The van der Waals surface area contributed by atoms with Crippen molar-refractivity contribution in [2.24, 2.45) is 7.05 Å². The SMILES string of the molecule is CN1C(=O)Cc2cccc(-c3cnn(C)c3N)c21. The number of hydrogen-bond acceptors (Lipinski definition) is 3. The van der Waals surface area contributed by atoms with Crippen LogP contribution in [-0.4, -0.2) is 22.7 Å². The number of nitrogen functional groups attached to an aromatic ring is 1. The number of carbonyl (C=O) groups is 1. The number of anilines is 2. The Morgan fingerprint density at radius 2 is 2.06 bits per heavy atom. The Balaban J connectivity index is 2.24. The van der Waals surface area contributed by atoms with Crippen LogP contribution in [0.4, 0.5) is 11.5 Å². The lowest BCUT2D eigenvalue weighted by atomic mass is 10.0. The van der Waals surface area contributed by atoms with Crippen molar-refractivity contribution < 1.29 is 4.79 Å². The number of fused-ring (bicyclic) bond motifs is 1. The fraction of sp³-hybridized carbons (Fsp3) is 0.231. The Morgan fingerprint density at radius 1 is 1.28 bits per heavy atom. The molecule has 2 heterocycles. The number of para-hydroxylation sites is 1. The van der Waals surface area contributed by atoms with E-state index in [2.05, 4.69) is 5.10 Å². The van der Waals surface area contributed by atoms with Gasteiger partial charge in [-0.3, -0.25) is 9.48 Å². The van der Waals surface area contributed by atoms with Gasteiger partial charge < -0.3 is 10.6 Å². The van der Waals surface area contributed by atoms with Crippen LogP contribution in [0.15, 0.2) is 24.4 Å². The second kappa shape index (κ2) is 3.60. The van der Waals surface area contributed by atoms with Crippen molar-refractivity contribution >= 4 is 17.4 Å². The van der Waals surface area contributed by atoms with Crippen molar-refractivity contribution in [3.63, 3.8) is 0 Å². The van der Waals surface area contributed by atoms with Gasteiger partial charge in [-0.2, -0.15) is 5.10 Å². The van der Waals surface area contributed by atoms with Crippen LogP contribution in [0.25, 0.3) is 11.1 Å². The molecule has 1 amide bonds. The minimum Gasteiger partial charge on any atom is -0.383 e. The third kappa shape index (κ3) is 1.33. The molecule has 0 atom stereocenters. The van der Waals surface area contributed by atoms with Gasteiger partial charge in [0, 0.05) is 25.2 Å². The Bertz CT molecular complexity index is 644. The number of hydrogen-bond donors (Lipinski definition) is 1. The van der Waals surface area contributed by atoms with E-state index in [0.717, 1.165) is 22.4 Å². The first-order chi connectivity index (χ1) is 8.59. The van der Waals surface area contributed by atoms with Gasteiger partial charge in [-0.15, -0.1) is 0 Å². The van der Waals surface area contributed by atoms with Crippen molar-refractivity contribution in [2.75, 3.05) is 17.7 Å². The van der Waals surface area contributed by atoms with Gasteiger partial charge in [0.25, 0.3) is 0 Å². The smallest absolute Gasteiger partial charge is 0.231 e. The van der Waals surface area contributed by atoms with Crippen LogP contribution in [0.2, 0.25) is 0 Å². The maximum atomic E-state index is 11.8. The Morgan fingerprint density at radius 3 is 2.72 bits per heavy atom. The molecule has 5 nitrogen and oxygen atoms in total. The number of aryl methyl sites for hydroxylation is 1. The normalized spacial score (nSPS) is 14.1. The lowest BCUT2D eigenvalue weighted by Crippen LogP contribution is -2.21. The molecule has 92 valence electrons. The summed E-state index contributed by atoms with van der Waals surface area (Å²) in [6, 6.07) is 5.90. The van der Waals surface area contributed by atoms with E-state index >= 15 is 0 Å². The van der Waals surface area contributed by atoms with Crippen LogP contribution >= 0.6 is 0 Å². The number of nitrogens with zero attached hydrogens (tertiary/aromatic N) is 3. The van der Waals surface area contributed by atoms with Gasteiger partial charge in [-0.1, -0.05) is 18.2 Å². The molecule has 5 heteroatoms. The van der Waals surface area contributed by atoms with Crippen molar-refractivity contribution in [3.05, 3.63) is 30.0 Å². The summed E-state index contributed by atoms with van der Waals surface area (Å²) in [5, 5.41) is 4.15. The number of amides is 1. The molecule has 0 bridgehead atoms. The Labute approximate surface area is 105 Å². The number of likely N-dealkylation sites (N-methyl/N-ethyl adjacent to an activating group) is 1. The first-order valence-electron chi connectivity index (χ1n) is 5.76. The van der Waals surface area contributed by atoms with E-state index in [-0.39, 0.29) is 5.91 Å². The maximum absolute atomic E-state index is 11.8. The predicted octanol–water partition coefficient (Wildman–Crippen LogP) is 1.19. The molecule has 0 aliphatic carbocycles. The van der Waals surface area contributed by atoms with Crippen LogP contribution in [-0.2, 0) is 18.3 Å². The average molecular weight is 242 g/mol. The highest BCUT2D eigenvalue weighted by molar-refractivity contribution is 6.06. The summed E-state index contributed by atoms with van der Waals surface area (Å²) in [6.45, 7) is 0. The monoisotopic (exact) mass is 242 g/mol. The first kappa shape index (κ1) is 10.8. The largest absolute Gasteiger partial charge is 0.383 e. The second-order valence-corrected chi connectivity index (χ2v) is 4.51. The molecule has 3 rings (SSSR count). The summed E-state index contributed by atoms with van der Waals surface area (Å²) in [5.74, 6) is 0.719. The lowest BCUT2D eigenvalue weighted by molar-refractivity contribution is -0.117. The van der Waals surface area contributed by atoms with Gasteiger partial charge in [0.2, 0.25) is 5.91 Å². The average Bonchev–Trinajstić information content (AvgIpc) is 2.83. The van der Waals surface area contributed by atoms with E-state index < -0.39 is 0 Å². The first-order valence-corrected chi connectivity index (χ1v) is 5.76. The minimum atomic E-state index is 0.111. The highest BCUT2D eigenvalue weighted by Crippen LogP contribution is 2.39. The van der Waals surface area contributed by atoms with E-state index in [1.165, 1.54) is 0 Å². The molecule has 0 saturated carbocycles. The van der Waals surface area contributed by atoms with Crippen molar-refractivity contribution in [1.29, 1.82) is 0 Å². The third-order valence-corrected chi connectivity index (χ3v) is 3.45. The molecule has 1 aliphatic rings. The van der Waals surface area contributed by atoms with Gasteiger partial charge >= 0.3 is 0 Å². The molecule has 0 spiro atoms. The molecule has 1 aliphatic heterocycles. The summed E-state index contributed by atoms with van der Waals surface area (Å²) in [7, 11) is 3.60.